The maximum absolute atomic E-state index is 12.4. The van der Waals surface area contributed by atoms with E-state index >= 15 is 0 Å². The molecular formula is C14H18N2O4S. The largest absolute Gasteiger partial charge is 0.462 e. The second kappa shape index (κ2) is 6.82. The molecule has 0 aliphatic rings. The van der Waals surface area contributed by atoms with Crippen molar-refractivity contribution >= 4 is 27.5 Å². The molecule has 0 amide bonds. The summed E-state index contributed by atoms with van der Waals surface area (Å²) in [6.45, 7) is 4.13. The van der Waals surface area contributed by atoms with E-state index < -0.39 is 5.97 Å². The first-order valence-corrected chi connectivity index (χ1v) is 7.52. The third-order valence-electron chi connectivity index (χ3n) is 3.08. The van der Waals surface area contributed by atoms with Crippen LogP contribution in [0.3, 0.4) is 0 Å². The standard InChI is InChI=1S/C14H18N2O4S/c1-4-10-7-11-13(21-10)15-9(2)16(14(11)18)8-12(17)20-6-5-19-3/h7H,4-6,8H2,1-3H3. The van der Waals surface area contributed by atoms with E-state index in [1.807, 2.05) is 13.0 Å². The lowest BCUT2D eigenvalue weighted by Crippen LogP contribution is -2.28. The van der Waals surface area contributed by atoms with Gasteiger partial charge in [-0.25, -0.2) is 4.98 Å². The fraction of sp³-hybridized carbons (Fsp3) is 0.500. The number of methoxy groups -OCH3 is 1. The number of esters is 1. The highest BCUT2D eigenvalue weighted by atomic mass is 32.1. The molecule has 114 valence electrons. The van der Waals surface area contributed by atoms with Gasteiger partial charge in [-0.15, -0.1) is 11.3 Å². The summed E-state index contributed by atoms with van der Waals surface area (Å²) in [5.74, 6) is 0.0463. The quantitative estimate of drug-likeness (QED) is 0.597. The van der Waals surface area contributed by atoms with Crippen molar-refractivity contribution in [2.75, 3.05) is 20.3 Å². The van der Waals surface area contributed by atoms with E-state index in [1.54, 1.807) is 6.92 Å². The molecule has 0 aromatic carbocycles. The average molecular weight is 310 g/mol. The SMILES string of the molecule is CCc1cc2c(=O)n(CC(=O)OCCOC)c(C)nc2s1. The van der Waals surface area contributed by atoms with E-state index in [0.29, 0.717) is 17.8 Å². The zero-order chi connectivity index (χ0) is 15.4. The van der Waals surface area contributed by atoms with Crippen LogP contribution in [-0.2, 0) is 27.2 Å². The van der Waals surface area contributed by atoms with Crippen molar-refractivity contribution < 1.29 is 14.3 Å². The molecule has 0 atom stereocenters. The average Bonchev–Trinajstić information content (AvgIpc) is 2.87. The highest BCUT2D eigenvalue weighted by Crippen LogP contribution is 2.21. The summed E-state index contributed by atoms with van der Waals surface area (Å²) < 4.78 is 11.1. The highest BCUT2D eigenvalue weighted by Gasteiger charge is 2.14. The van der Waals surface area contributed by atoms with Gasteiger partial charge in [-0.05, 0) is 19.4 Å². The van der Waals surface area contributed by atoms with Crippen LogP contribution in [0.15, 0.2) is 10.9 Å². The van der Waals surface area contributed by atoms with Crippen molar-refractivity contribution in [3.8, 4) is 0 Å². The smallest absolute Gasteiger partial charge is 0.326 e. The Morgan fingerprint density at radius 1 is 1.43 bits per heavy atom. The second-order valence-electron chi connectivity index (χ2n) is 4.55. The minimum atomic E-state index is -0.468. The first-order valence-electron chi connectivity index (χ1n) is 6.71. The number of fused-ring (bicyclic) bond motifs is 1. The minimum absolute atomic E-state index is 0.130. The van der Waals surface area contributed by atoms with Crippen molar-refractivity contribution in [3.63, 3.8) is 0 Å². The number of thiophene rings is 1. The van der Waals surface area contributed by atoms with Gasteiger partial charge in [-0.2, -0.15) is 0 Å². The number of rotatable bonds is 6. The summed E-state index contributed by atoms with van der Waals surface area (Å²) in [5, 5.41) is 0.562. The van der Waals surface area contributed by atoms with Crippen molar-refractivity contribution in [1.82, 2.24) is 9.55 Å². The molecule has 2 aromatic rings. The first kappa shape index (κ1) is 15.7. The fourth-order valence-corrected chi connectivity index (χ4v) is 2.94. The molecule has 0 fully saturated rings. The van der Waals surface area contributed by atoms with Crippen molar-refractivity contribution in [2.24, 2.45) is 0 Å². The number of carbonyl (C=O) groups excluding carboxylic acids is 1. The number of carbonyl (C=O) groups is 1. The second-order valence-corrected chi connectivity index (χ2v) is 5.66. The van der Waals surface area contributed by atoms with Gasteiger partial charge in [-0.3, -0.25) is 14.2 Å². The van der Waals surface area contributed by atoms with Crippen LogP contribution in [-0.4, -0.2) is 35.8 Å². The molecule has 21 heavy (non-hydrogen) atoms. The van der Waals surface area contributed by atoms with Crippen molar-refractivity contribution in [1.29, 1.82) is 0 Å². The molecule has 0 bridgehead atoms. The maximum atomic E-state index is 12.4. The number of hydrogen-bond acceptors (Lipinski definition) is 6. The zero-order valence-corrected chi connectivity index (χ0v) is 13.2. The monoisotopic (exact) mass is 310 g/mol. The lowest BCUT2D eigenvalue weighted by Gasteiger charge is -2.09. The summed E-state index contributed by atoms with van der Waals surface area (Å²) >= 11 is 1.51. The molecular weight excluding hydrogens is 292 g/mol. The number of hydrogen-bond donors (Lipinski definition) is 0. The molecule has 2 heterocycles. The van der Waals surface area contributed by atoms with Crippen LogP contribution in [0, 0.1) is 6.92 Å². The summed E-state index contributed by atoms with van der Waals surface area (Å²) in [7, 11) is 1.53. The van der Waals surface area contributed by atoms with E-state index in [1.165, 1.54) is 23.0 Å². The van der Waals surface area contributed by atoms with Crippen LogP contribution in [0.25, 0.3) is 10.2 Å². The Labute approximate surface area is 126 Å². The lowest BCUT2D eigenvalue weighted by atomic mass is 10.3. The molecule has 0 radical (unpaired) electrons. The molecule has 2 aromatic heterocycles. The number of nitrogens with zero attached hydrogens (tertiary/aromatic N) is 2. The van der Waals surface area contributed by atoms with Gasteiger partial charge in [-0.1, -0.05) is 6.92 Å². The molecule has 7 heteroatoms. The third-order valence-corrected chi connectivity index (χ3v) is 4.25. The predicted octanol–water partition coefficient (Wildman–Crippen LogP) is 1.52. The lowest BCUT2D eigenvalue weighted by molar-refractivity contribution is -0.145. The number of ether oxygens (including phenoxy) is 2. The zero-order valence-electron chi connectivity index (χ0n) is 12.3. The topological polar surface area (TPSA) is 70.4 Å². The van der Waals surface area contributed by atoms with Crippen LogP contribution >= 0.6 is 11.3 Å². The van der Waals surface area contributed by atoms with Gasteiger partial charge in [0.2, 0.25) is 0 Å². The number of aryl methyl sites for hydroxylation is 2. The normalized spacial score (nSPS) is 11.0. The van der Waals surface area contributed by atoms with Gasteiger partial charge < -0.3 is 9.47 Å². The van der Waals surface area contributed by atoms with E-state index in [-0.39, 0.29) is 18.7 Å². The Hall–Kier alpha value is -1.73. The summed E-state index contributed by atoms with van der Waals surface area (Å²) in [6, 6.07) is 1.85. The Morgan fingerprint density at radius 3 is 2.86 bits per heavy atom. The highest BCUT2D eigenvalue weighted by molar-refractivity contribution is 7.18. The summed E-state index contributed by atoms with van der Waals surface area (Å²) in [5.41, 5.74) is -0.197. The van der Waals surface area contributed by atoms with Crippen LogP contribution in [0.2, 0.25) is 0 Å². The molecule has 0 N–H and O–H groups in total. The molecule has 0 saturated heterocycles. The van der Waals surface area contributed by atoms with E-state index in [9.17, 15) is 9.59 Å². The van der Waals surface area contributed by atoms with Crippen LogP contribution in [0.4, 0.5) is 0 Å². The molecule has 0 aliphatic heterocycles. The van der Waals surface area contributed by atoms with Gasteiger partial charge in [0.25, 0.3) is 5.56 Å². The Morgan fingerprint density at radius 2 is 2.19 bits per heavy atom. The molecule has 0 spiro atoms. The Kier molecular flexibility index (Phi) is 5.08. The third kappa shape index (κ3) is 3.48. The van der Waals surface area contributed by atoms with Crippen LogP contribution in [0.1, 0.15) is 17.6 Å². The molecule has 2 rings (SSSR count). The Balaban J connectivity index is 2.27. The number of aromatic nitrogens is 2. The van der Waals surface area contributed by atoms with Gasteiger partial charge in [0, 0.05) is 12.0 Å². The van der Waals surface area contributed by atoms with Gasteiger partial charge in [0.05, 0.1) is 12.0 Å². The maximum Gasteiger partial charge on any atom is 0.326 e. The van der Waals surface area contributed by atoms with Crippen molar-refractivity contribution in [2.45, 2.75) is 26.8 Å². The van der Waals surface area contributed by atoms with Crippen molar-refractivity contribution in [3.05, 3.63) is 27.1 Å². The predicted molar refractivity (Wildman–Crippen MR) is 80.8 cm³/mol. The van der Waals surface area contributed by atoms with Gasteiger partial charge >= 0.3 is 5.97 Å². The van der Waals surface area contributed by atoms with Gasteiger partial charge in [0.15, 0.2) is 0 Å². The summed E-state index contributed by atoms with van der Waals surface area (Å²) in [4.78, 5) is 30.4. The molecule has 0 saturated carbocycles. The molecule has 0 unspecified atom stereocenters. The first-order chi connectivity index (χ1) is 10.1. The van der Waals surface area contributed by atoms with Gasteiger partial charge in [0.1, 0.15) is 23.8 Å². The Bertz CT molecular complexity index is 705. The molecule has 0 aliphatic carbocycles. The van der Waals surface area contributed by atoms with E-state index in [2.05, 4.69) is 4.98 Å². The van der Waals surface area contributed by atoms with Crippen LogP contribution < -0.4 is 5.56 Å². The van der Waals surface area contributed by atoms with Crippen LogP contribution in [0.5, 0.6) is 0 Å². The fourth-order valence-electron chi connectivity index (χ4n) is 1.94. The van der Waals surface area contributed by atoms with E-state index in [0.717, 1.165) is 16.1 Å². The summed E-state index contributed by atoms with van der Waals surface area (Å²) in [6.07, 6.45) is 0.860. The minimum Gasteiger partial charge on any atom is -0.462 e. The van der Waals surface area contributed by atoms with E-state index in [4.69, 9.17) is 9.47 Å². The molecule has 6 nitrogen and oxygen atoms in total.